The summed E-state index contributed by atoms with van der Waals surface area (Å²) in [5.41, 5.74) is -5.03. The molecule has 1 unspecified atom stereocenters. The second-order valence-corrected chi connectivity index (χ2v) is 14.8. The van der Waals surface area contributed by atoms with Crippen molar-refractivity contribution in [1.29, 1.82) is 0 Å². The Hall–Kier alpha value is -0.930. The minimum absolute atomic E-state index is 0.128. The van der Waals surface area contributed by atoms with Gasteiger partial charge in [-0.15, -0.1) is 0 Å². The second-order valence-electron chi connectivity index (χ2n) is 14.8. The SMILES string of the molecule is CC[C@H]1OC(=O)C(C)[C@@](O)(CN2CC2)[C@H](C)[C@@H](O[C@@H]2O[C@H](C)C[C@H](N(C)C)[C@H]2O)[C@@](C)(O)C[C@@H](C)CN[C@H](C)[C@@H](O)[C@]1(C)O. The van der Waals surface area contributed by atoms with Gasteiger partial charge in [-0.1, -0.05) is 20.8 Å². The number of aliphatic hydroxyl groups excluding tert-OH is 2. The number of esters is 1. The minimum atomic E-state index is -1.77. The van der Waals surface area contributed by atoms with Crippen molar-refractivity contribution in [2.45, 2.75) is 140 Å². The van der Waals surface area contributed by atoms with E-state index in [0.717, 1.165) is 13.1 Å². The fourth-order valence-corrected chi connectivity index (χ4v) is 7.28. The first-order valence-electron chi connectivity index (χ1n) is 16.4. The molecule has 3 aliphatic rings. The molecule has 6 N–H and O–H groups in total. The number of carbonyl (C=O) groups excluding carboxylic acids is 1. The van der Waals surface area contributed by atoms with Crippen molar-refractivity contribution in [3.05, 3.63) is 0 Å². The van der Waals surface area contributed by atoms with Crippen molar-refractivity contribution >= 4 is 5.97 Å². The highest BCUT2D eigenvalue weighted by atomic mass is 16.7. The van der Waals surface area contributed by atoms with E-state index < -0.39 is 71.4 Å². The molecular weight excluding hydrogens is 570 g/mol. The van der Waals surface area contributed by atoms with Crippen LogP contribution in [0.3, 0.4) is 0 Å². The maximum Gasteiger partial charge on any atom is 0.312 e. The molecule has 12 nitrogen and oxygen atoms in total. The molecule has 0 aromatic carbocycles. The fourth-order valence-electron chi connectivity index (χ4n) is 7.28. The number of nitrogens with one attached hydrogen (secondary N) is 1. The van der Waals surface area contributed by atoms with Crippen LogP contribution in [-0.2, 0) is 19.0 Å². The van der Waals surface area contributed by atoms with Crippen molar-refractivity contribution in [2.24, 2.45) is 17.8 Å². The smallest absolute Gasteiger partial charge is 0.312 e. The van der Waals surface area contributed by atoms with Crippen LogP contribution in [0.2, 0.25) is 0 Å². The molecule has 12 heteroatoms. The molecular formula is C32H61N3O9. The summed E-state index contributed by atoms with van der Waals surface area (Å²) in [6.45, 7) is 15.9. The zero-order valence-corrected chi connectivity index (χ0v) is 28.6. The first kappa shape index (κ1) is 37.5. The number of ether oxygens (including phenoxy) is 3. The van der Waals surface area contributed by atoms with Gasteiger partial charge in [-0.05, 0) is 80.4 Å². The standard InChI is InChI=1S/C32H61N3O9/c1-11-24-31(8,40)26(37)22(6)33-16-18(2)15-30(7,39)27(44-29-25(36)23(34(9)10)14-19(3)42-29)20(4)32(41,17-35-12-13-35)21(5)28(38)43-24/h18-27,29,33,36-37,39-41H,11-17H2,1-10H3/t18-,19-,20-,21?,22-,23+,24-,25-,26-,27-,29+,30+,31-,32-/m1/s1. The third-order valence-corrected chi connectivity index (χ3v) is 10.4. The highest BCUT2D eigenvalue weighted by Gasteiger charge is 2.55. The monoisotopic (exact) mass is 631 g/mol. The molecule has 0 radical (unpaired) electrons. The predicted molar refractivity (Wildman–Crippen MR) is 166 cm³/mol. The average Bonchev–Trinajstić information content (AvgIpc) is 3.75. The summed E-state index contributed by atoms with van der Waals surface area (Å²) in [5, 5.41) is 61.9. The summed E-state index contributed by atoms with van der Waals surface area (Å²) in [4.78, 5) is 17.7. The predicted octanol–water partition coefficient (Wildman–Crippen LogP) is 0.319. The quantitative estimate of drug-likeness (QED) is 0.176. The summed E-state index contributed by atoms with van der Waals surface area (Å²) < 4.78 is 18.5. The molecule has 3 heterocycles. The number of cyclic esters (lactones) is 1. The van der Waals surface area contributed by atoms with Crippen LogP contribution in [0, 0.1) is 17.8 Å². The molecule has 0 spiro atoms. The number of hydrogen-bond acceptors (Lipinski definition) is 12. The van der Waals surface area contributed by atoms with Gasteiger partial charge in [-0.3, -0.25) is 9.69 Å². The third-order valence-electron chi connectivity index (χ3n) is 10.4. The van der Waals surface area contributed by atoms with Gasteiger partial charge >= 0.3 is 5.97 Å². The highest BCUT2D eigenvalue weighted by Crippen LogP contribution is 2.41. The van der Waals surface area contributed by atoms with Crippen LogP contribution < -0.4 is 5.32 Å². The van der Waals surface area contributed by atoms with E-state index in [-0.39, 0.29) is 37.5 Å². The molecule has 0 aromatic heterocycles. The molecule has 3 aliphatic heterocycles. The lowest BCUT2D eigenvalue weighted by Gasteiger charge is -2.49. The van der Waals surface area contributed by atoms with Gasteiger partial charge in [0.15, 0.2) is 6.29 Å². The maximum atomic E-state index is 13.8. The number of β-amino-alcohol motifs (C(OH)–C–C–N with tert-alkyl or cyclic N) is 1. The fraction of sp³-hybridized carbons (Fsp3) is 0.969. The lowest BCUT2D eigenvalue weighted by Crippen LogP contribution is -2.63. The van der Waals surface area contributed by atoms with E-state index in [9.17, 15) is 30.3 Å². The summed E-state index contributed by atoms with van der Waals surface area (Å²) in [5.74, 6) is -2.78. The van der Waals surface area contributed by atoms with Gasteiger partial charge in [0.05, 0.1) is 29.3 Å². The van der Waals surface area contributed by atoms with Gasteiger partial charge < -0.3 is 50.0 Å². The molecule has 0 amide bonds. The summed E-state index contributed by atoms with van der Waals surface area (Å²) >= 11 is 0. The Labute approximate surface area is 264 Å². The van der Waals surface area contributed by atoms with Crippen LogP contribution >= 0.6 is 0 Å². The molecule has 258 valence electrons. The summed E-state index contributed by atoms with van der Waals surface area (Å²) in [6.07, 6.45) is -4.60. The van der Waals surface area contributed by atoms with Crippen LogP contribution in [0.15, 0.2) is 0 Å². The van der Waals surface area contributed by atoms with Gasteiger partial charge in [0.2, 0.25) is 0 Å². The van der Waals surface area contributed by atoms with Gasteiger partial charge in [0.25, 0.3) is 0 Å². The lowest BCUT2D eigenvalue weighted by molar-refractivity contribution is -0.304. The summed E-state index contributed by atoms with van der Waals surface area (Å²) in [7, 11) is 3.77. The van der Waals surface area contributed by atoms with Gasteiger partial charge in [0, 0.05) is 37.6 Å². The first-order valence-corrected chi connectivity index (χ1v) is 16.4. The lowest BCUT2D eigenvalue weighted by atomic mass is 9.70. The zero-order chi connectivity index (χ0) is 33.4. The van der Waals surface area contributed by atoms with Crippen molar-refractivity contribution in [1.82, 2.24) is 15.1 Å². The van der Waals surface area contributed by atoms with E-state index in [1.54, 1.807) is 34.6 Å². The number of likely N-dealkylation sites (N-methyl/N-ethyl adjacent to an activating group) is 1. The first-order chi connectivity index (χ1) is 20.3. The third kappa shape index (κ3) is 8.31. The molecule has 3 rings (SSSR count). The van der Waals surface area contributed by atoms with Crippen molar-refractivity contribution in [2.75, 3.05) is 40.3 Å². The van der Waals surface area contributed by atoms with Crippen LogP contribution in [0.5, 0.6) is 0 Å². The zero-order valence-electron chi connectivity index (χ0n) is 28.6. The van der Waals surface area contributed by atoms with E-state index in [1.165, 1.54) is 6.92 Å². The Morgan fingerprint density at radius 1 is 1.07 bits per heavy atom. The number of nitrogens with zero attached hydrogens (tertiary/aromatic N) is 2. The van der Waals surface area contributed by atoms with Crippen molar-refractivity contribution < 1.29 is 44.5 Å². The van der Waals surface area contributed by atoms with Crippen molar-refractivity contribution in [3.63, 3.8) is 0 Å². The Kier molecular flexibility index (Phi) is 12.3. The van der Waals surface area contributed by atoms with E-state index in [0.29, 0.717) is 13.0 Å². The highest BCUT2D eigenvalue weighted by molar-refractivity contribution is 5.74. The van der Waals surface area contributed by atoms with Gasteiger partial charge in [0.1, 0.15) is 23.9 Å². The molecule has 0 aromatic rings. The molecule has 44 heavy (non-hydrogen) atoms. The van der Waals surface area contributed by atoms with E-state index in [4.69, 9.17) is 14.2 Å². The Balaban J connectivity index is 2.09. The van der Waals surface area contributed by atoms with E-state index >= 15 is 0 Å². The van der Waals surface area contributed by atoms with Crippen LogP contribution in [-0.4, -0.2) is 147 Å². The number of carbonyl (C=O) groups is 1. The van der Waals surface area contributed by atoms with Crippen LogP contribution in [0.4, 0.5) is 0 Å². The average molecular weight is 632 g/mol. The number of aliphatic hydroxyl groups is 5. The van der Waals surface area contributed by atoms with E-state index in [1.807, 2.05) is 37.7 Å². The van der Waals surface area contributed by atoms with Gasteiger partial charge in [-0.2, -0.15) is 0 Å². The Morgan fingerprint density at radius 2 is 1.68 bits per heavy atom. The van der Waals surface area contributed by atoms with Gasteiger partial charge in [-0.25, -0.2) is 0 Å². The Morgan fingerprint density at radius 3 is 2.23 bits per heavy atom. The van der Waals surface area contributed by atoms with Crippen LogP contribution in [0.25, 0.3) is 0 Å². The molecule has 0 bridgehead atoms. The number of rotatable bonds is 6. The maximum absolute atomic E-state index is 13.8. The topological polar surface area (TPSA) is 164 Å². The normalized spacial score (nSPS) is 48.8. The number of hydrogen-bond donors (Lipinski definition) is 6. The Bertz CT molecular complexity index is 948. The second kappa shape index (κ2) is 14.5. The van der Waals surface area contributed by atoms with Crippen LogP contribution in [0.1, 0.15) is 74.7 Å². The van der Waals surface area contributed by atoms with E-state index in [2.05, 4.69) is 5.32 Å². The molecule has 0 saturated carbocycles. The van der Waals surface area contributed by atoms with Crippen molar-refractivity contribution in [3.8, 4) is 0 Å². The molecule has 14 atom stereocenters. The molecule has 3 fully saturated rings. The molecule has 0 aliphatic carbocycles. The minimum Gasteiger partial charge on any atom is -0.459 e. The molecule has 3 saturated heterocycles. The summed E-state index contributed by atoms with van der Waals surface area (Å²) in [6, 6.07) is -0.806. The largest absolute Gasteiger partial charge is 0.459 e.